The summed E-state index contributed by atoms with van der Waals surface area (Å²) in [7, 11) is 0. The molecule has 0 N–H and O–H groups in total. The summed E-state index contributed by atoms with van der Waals surface area (Å²) in [5.74, 6) is 4.06. The zero-order chi connectivity index (χ0) is 28.1. The Bertz CT molecular complexity index is 1640. The minimum Gasteiger partial charge on any atom is -0.497 e. The minimum absolute atomic E-state index is 0.269. The average Bonchev–Trinajstić information content (AvgIpc) is 3.02. The van der Waals surface area contributed by atoms with E-state index in [1.165, 1.54) is 76.9 Å². The lowest BCUT2D eigenvalue weighted by Gasteiger charge is -2.57. The van der Waals surface area contributed by atoms with Crippen LogP contribution in [0.3, 0.4) is 0 Å². The zero-order valence-corrected chi connectivity index (χ0v) is 24.9. The first-order chi connectivity index (χ1) is 20.6. The Morgan fingerprint density at radius 3 is 2.29 bits per heavy atom. The highest BCUT2D eigenvalue weighted by atomic mass is 16.5. The second kappa shape index (κ2) is 10.6. The third kappa shape index (κ3) is 4.74. The molecule has 6 aliphatic rings. The molecular weight excluding hydrogens is 512 g/mol. The lowest BCUT2D eigenvalue weighted by Crippen LogP contribution is -2.48. The highest BCUT2D eigenvalue weighted by Gasteiger charge is 2.52. The topological polar surface area (TPSA) is 18.5 Å². The van der Waals surface area contributed by atoms with E-state index < -0.39 is 0 Å². The largest absolute Gasteiger partial charge is 0.497 e. The van der Waals surface area contributed by atoms with Gasteiger partial charge in [-0.1, -0.05) is 72.3 Å². The quantitative estimate of drug-likeness (QED) is 0.235. The second-order valence-electron chi connectivity index (χ2n) is 13.9. The molecule has 0 spiro atoms. The normalized spacial score (nSPS) is 28.7. The maximum absolute atomic E-state index is 6.97. The molecule has 0 radical (unpaired) electrons. The Morgan fingerprint density at radius 2 is 1.57 bits per heavy atom. The van der Waals surface area contributed by atoms with Crippen molar-refractivity contribution < 1.29 is 9.47 Å². The maximum atomic E-state index is 6.97. The van der Waals surface area contributed by atoms with Crippen LogP contribution in [-0.2, 0) is 23.0 Å². The van der Waals surface area contributed by atoms with Crippen LogP contribution in [0, 0.1) is 24.7 Å². The van der Waals surface area contributed by atoms with Crippen molar-refractivity contribution in [3.8, 4) is 5.75 Å². The van der Waals surface area contributed by atoms with E-state index >= 15 is 0 Å². The van der Waals surface area contributed by atoms with Gasteiger partial charge in [-0.3, -0.25) is 0 Å². The third-order valence-electron chi connectivity index (χ3n) is 11.0. The van der Waals surface area contributed by atoms with Gasteiger partial charge in [0.2, 0.25) is 0 Å². The van der Waals surface area contributed by atoms with Crippen molar-refractivity contribution in [1.82, 2.24) is 0 Å². The van der Waals surface area contributed by atoms with E-state index in [1.807, 2.05) is 18.2 Å². The van der Waals surface area contributed by atoms with Crippen LogP contribution in [0.25, 0.3) is 21.5 Å². The van der Waals surface area contributed by atoms with Crippen LogP contribution in [0.1, 0.15) is 67.2 Å². The summed E-state index contributed by atoms with van der Waals surface area (Å²) in [4.78, 5) is 0. The molecule has 2 heteroatoms. The number of benzene rings is 4. The number of hydrogen-bond donors (Lipinski definition) is 0. The highest BCUT2D eigenvalue weighted by Crippen LogP contribution is 2.62. The van der Waals surface area contributed by atoms with E-state index in [4.69, 9.17) is 9.47 Å². The zero-order valence-electron chi connectivity index (χ0n) is 24.9. The molecule has 0 amide bonds. The molecule has 1 unspecified atom stereocenters. The molecule has 1 atom stereocenters. The molecule has 1 aliphatic heterocycles. The lowest BCUT2D eigenvalue weighted by molar-refractivity contribution is -0.00702. The molecule has 42 heavy (non-hydrogen) atoms. The van der Waals surface area contributed by atoms with Gasteiger partial charge in [-0.2, -0.15) is 0 Å². The monoisotopic (exact) mass is 554 g/mol. The van der Waals surface area contributed by atoms with Crippen LogP contribution >= 0.6 is 0 Å². The fourth-order valence-electron chi connectivity index (χ4n) is 9.56. The van der Waals surface area contributed by atoms with Crippen LogP contribution in [-0.4, -0.2) is 12.7 Å². The molecule has 214 valence electrons. The summed E-state index contributed by atoms with van der Waals surface area (Å²) in [6.45, 7) is 3.00. The molecule has 5 aliphatic carbocycles. The summed E-state index contributed by atoms with van der Waals surface area (Å²) in [5.41, 5.74) is 6.35. The molecule has 4 aromatic rings. The van der Waals surface area contributed by atoms with Crippen molar-refractivity contribution in [1.29, 1.82) is 0 Å². The Kier molecular flexibility index (Phi) is 6.62. The van der Waals surface area contributed by atoms with Crippen LogP contribution in [0.4, 0.5) is 0 Å². The van der Waals surface area contributed by atoms with Gasteiger partial charge in [0.15, 0.2) is 0 Å². The number of fused-ring (bicyclic) bond motifs is 5. The van der Waals surface area contributed by atoms with Crippen LogP contribution < -0.4 is 4.74 Å². The fourth-order valence-corrected chi connectivity index (χ4v) is 9.56. The van der Waals surface area contributed by atoms with Crippen LogP contribution in [0.15, 0.2) is 91.2 Å². The number of rotatable bonds is 3. The number of allylic oxidation sites excluding steroid dienone is 2. The first-order valence-electron chi connectivity index (χ1n) is 16.3. The molecular formula is C40H42O2. The van der Waals surface area contributed by atoms with Crippen molar-refractivity contribution in [2.45, 2.75) is 76.2 Å². The Balaban J connectivity index is 0.000000399. The van der Waals surface area contributed by atoms with Gasteiger partial charge in [0.25, 0.3) is 0 Å². The van der Waals surface area contributed by atoms with Gasteiger partial charge in [-0.05, 0) is 132 Å². The van der Waals surface area contributed by atoms with Gasteiger partial charge in [0.1, 0.15) is 18.5 Å². The minimum atomic E-state index is 0.269. The summed E-state index contributed by atoms with van der Waals surface area (Å²) in [5, 5.41) is 5.54. The molecule has 4 fully saturated rings. The summed E-state index contributed by atoms with van der Waals surface area (Å²) >= 11 is 0. The fraction of sp³-hybridized carbons (Fsp3) is 0.400. The standard InChI is InChI=1S/C35H36O.C5H6O/c1-22-6-13-34(33(14-22)35-19-23-15-24(20-35)17-25(16-23)21-35)36-28-9-12-30-27(18-28)8-11-31-29-5-3-2-4-26(29)7-10-32(30)31;1-2-4-6-5-3-1/h2-8,10-11,13-14,23-25,28H,9,12,15-21H2,1H3;1-4H,5H2. The first kappa shape index (κ1) is 26.1. The molecule has 10 rings (SSSR count). The highest BCUT2D eigenvalue weighted by molar-refractivity contribution is 6.08. The van der Waals surface area contributed by atoms with Gasteiger partial charge in [0, 0.05) is 12.0 Å². The second-order valence-corrected chi connectivity index (χ2v) is 13.9. The van der Waals surface area contributed by atoms with Gasteiger partial charge < -0.3 is 9.47 Å². The predicted octanol–water partition coefficient (Wildman–Crippen LogP) is 9.79. The lowest BCUT2D eigenvalue weighted by atomic mass is 9.48. The Hall–Kier alpha value is -3.52. The number of hydrogen-bond acceptors (Lipinski definition) is 2. The predicted molar refractivity (Wildman–Crippen MR) is 173 cm³/mol. The van der Waals surface area contributed by atoms with Crippen molar-refractivity contribution in [3.63, 3.8) is 0 Å². The van der Waals surface area contributed by atoms with Crippen molar-refractivity contribution in [2.24, 2.45) is 17.8 Å². The van der Waals surface area contributed by atoms with E-state index in [-0.39, 0.29) is 6.10 Å². The molecule has 0 aromatic heterocycles. The van der Waals surface area contributed by atoms with E-state index in [2.05, 4.69) is 73.7 Å². The summed E-state index contributed by atoms with van der Waals surface area (Å²) < 4.78 is 11.8. The molecule has 4 aromatic carbocycles. The molecule has 4 bridgehead atoms. The summed E-state index contributed by atoms with van der Waals surface area (Å²) in [6.07, 6.45) is 19.6. The SMILES string of the molecule is C1=CCOC=C1.Cc1ccc(OC2CCc3c(ccc4c3ccc3ccccc34)C2)c(C23CC4CC(CC(C4)C2)C3)c1. The van der Waals surface area contributed by atoms with E-state index in [0.29, 0.717) is 5.41 Å². The van der Waals surface area contributed by atoms with Crippen molar-refractivity contribution in [2.75, 3.05) is 6.61 Å². The van der Waals surface area contributed by atoms with Crippen LogP contribution in [0.2, 0.25) is 0 Å². The van der Waals surface area contributed by atoms with Crippen molar-refractivity contribution in [3.05, 3.63) is 113 Å². The number of ether oxygens (including phenoxy) is 2. The van der Waals surface area contributed by atoms with Crippen molar-refractivity contribution >= 4 is 21.5 Å². The first-order valence-corrected chi connectivity index (χ1v) is 16.3. The Labute approximate surface area is 250 Å². The van der Waals surface area contributed by atoms with Crippen LogP contribution in [0.5, 0.6) is 5.75 Å². The van der Waals surface area contributed by atoms with E-state index in [1.54, 1.807) is 17.4 Å². The number of aryl methyl sites for hydroxylation is 2. The molecule has 2 nitrogen and oxygen atoms in total. The molecule has 1 heterocycles. The van der Waals surface area contributed by atoms with Gasteiger partial charge >= 0.3 is 0 Å². The molecule has 0 saturated heterocycles. The smallest absolute Gasteiger partial charge is 0.123 e. The van der Waals surface area contributed by atoms with E-state index in [0.717, 1.165) is 43.6 Å². The average molecular weight is 555 g/mol. The van der Waals surface area contributed by atoms with E-state index in [9.17, 15) is 0 Å². The Morgan fingerprint density at radius 1 is 0.786 bits per heavy atom. The summed E-state index contributed by atoms with van der Waals surface area (Å²) in [6, 6.07) is 25.3. The third-order valence-corrected chi connectivity index (χ3v) is 11.0. The maximum Gasteiger partial charge on any atom is 0.123 e. The van der Waals surface area contributed by atoms with Gasteiger partial charge in [-0.15, -0.1) is 0 Å². The van der Waals surface area contributed by atoms with Gasteiger partial charge in [0.05, 0.1) is 6.26 Å². The van der Waals surface area contributed by atoms with Gasteiger partial charge in [-0.25, -0.2) is 0 Å². The molecule has 4 saturated carbocycles.